The number of ether oxygens (including phenoxy) is 1. The number of hydrogen-bond acceptors (Lipinski definition) is 6. The van der Waals surface area contributed by atoms with Gasteiger partial charge in [-0.2, -0.15) is 0 Å². The van der Waals surface area contributed by atoms with E-state index in [-0.39, 0.29) is 13.0 Å². The van der Waals surface area contributed by atoms with Gasteiger partial charge in [-0.15, -0.1) is 0 Å². The number of carboxylic acid groups (broad SMARTS) is 1. The van der Waals surface area contributed by atoms with Crippen LogP contribution >= 0.6 is 0 Å². The van der Waals surface area contributed by atoms with Crippen molar-refractivity contribution >= 4 is 23.6 Å². The van der Waals surface area contributed by atoms with Gasteiger partial charge in [-0.05, 0) is 25.5 Å². The summed E-state index contributed by atoms with van der Waals surface area (Å²) in [5.41, 5.74) is 0.994. The number of carbonyl (C=O) groups is 3. The van der Waals surface area contributed by atoms with E-state index in [9.17, 15) is 24.7 Å². The molecule has 0 aromatic heterocycles. The maximum atomic E-state index is 13.6. The van der Waals surface area contributed by atoms with Crippen LogP contribution in [0.2, 0.25) is 0 Å². The first-order valence-corrected chi connectivity index (χ1v) is 9.89. The van der Waals surface area contributed by atoms with Crippen LogP contribution in [0.1, 0.15) is 13.3 Å². The SMILES string of the molecule is CO[C@H]1C[C@H](C(=O)NO)[C@@](C)(C(=O)N2CCN(c3ccccc3)CC2)N(C(=O)O)C1. The third kappa shape index (κ3) is 3.92. The number of piperidine rings is 1. The minimum atomic E-state index is -1.65. The van der Waals surface area contributed by atoms with E-state index in [0.717, 1.165) is 10.6 Å². The van der Waals surface area contributed by atoms with E-state index in [1.807, 2.05) is 30.3 Å². The Morgan fingerprint density at radius 1 is 1.13 bits per heavy atom. The van der Waals surface area contributed by atoms with Crippen LogP contribution in [0.4, 0.5) is 10.5 Å². The molecule has 3 rings (SSSR count). The number of methoxy groups -OCH3 is 1. The van der Waals surface area contributed by atoms with Crippen LogP contribution in [0.15, 0.2) is 30.3 Å². The molecule has 2 heterocycles. The number of hydrogen-bond donors (Lipinski definition) is 3. The predicted octanol–water partition coefficient (Wildman–Crippen LogP) is 0.614. The normalized spacial score (nSPS) is 27.0. The van der Waals surface area contributed by atoms with Crippen LogP contribution in [-0.4, -0.2) is 89.5 Å². The second-order valence-corrected chi connectivity index (χ2v) is 7.78. The van der Waals surface area contributed by atoms with Crippen molar-refractivity contribution in [1.29, 1.82) is 0 Å². The summed E-state index contributed by atoms with van der Waals surface area (Å²) in [6, 6.07) is 9.83. The first-order valence-electron chi connectivity index (χ1n) is 9.89. The number of nitrogens with one attached hydrogen (secondary N) is 1. The minimum Gasteiger partial charge on any atom is -0.465 e. The van der Waals surface area contributed by atoms with Gasteiger partial charge in [-0.25, -0.2) is 10.3 Å². The predicted molar refractivity (Wildman–Crippen MR) is 107 cm³/mol. The number of rotatable bonds is 4. The topological polar surface area (TPSA) is 123 Å². The van der Waals surface area contributed by atoms with Crippen LogP contribution < -0.4 is 10.4 Å². The van der Waals surface area contributed by atoms with Crippen LogP contribution in [0, 0.1) is 5.92 Å². The van der Waals surface area contributed by atoms with Crippen LogP contribution in [-0.2, 0) is 14.3 Å². The molecule has 0 unspecified atom stereocenters. The Morgan fingerprint density at radius 3 is 2.30 bits per heavy atom. The lowest BCUT2D eigenvalue weighted by atomic mass is 9.75. The van der Waals surface area contributed by atoms with Crippen molar-refractivity contribution in [1.82, 2.24) is 15.3 Å². The number of anilines is 1. The van der Waals surface area contributed by atoms with E-state index < -0.39 is 35.5 Å². The lowest BCUT2D eigenvalue weighted by Gasteiger charge is -2.50. The highest BCUT2D eigenvalue weighted by atomic mass is 16.5. The number of para-hydroxylation sites is 1. The zero-order chi connectivity index (χ0) is 21.9. The van der Waals surface area contributed by atoms with Crippen LogP contribution in [0.25, 0.3) is 0 Å². The largest absolute Gasteiger partial charge is 0.465 e. The number of hydroxylamine groups is 1. The number of nitrogens with zero attached hydrogens (tertiary/aromatic N) is 3. The second kappa shape index (κ2) is 8.88. The summed E-state index contributed by atoms with van der Waals surface area (Å²) in [5, 5.41) is 19.0. The van der Waals surface area contributed by atoms with Gasteiger partial charge in [-0.1, -0.05) is 18.2 Å². The molecule has 0 aliphatic carbocycles. The number of amides is 3. The first-order chi connectivity index (χ1) is 14.3. The van der Waals surface area contributed by atoms with Gasteiger partial charge in [0.05, 0.1) is 18.6 Å². The molecule has 3 N–H and O–H groups in total. The highest BCUT2D eigenvalue weighted by Crippen LogP contribution is 2.37. The molecule has 1 aromatic carbocycles. The molecule has 0 saturated carbocycles. The van der Waals surface area contributed by atoms with Gasteiger partial charge in [0.1, 0.15) is 5.54 Å². The smallest absolute Gasteiger partial charge is 0.408 e. The average Bonchev–Trinajstić information content (AvgIpc) is 2.78. The molecular weight excluding hydrogens is 392 g/mol. The van der Waals surface area contributed by atoms with Crippen molar-refractivity contribution < 1.29 is 29.4 Å². The Hall–Kier alpha value is -2.85. The zero-order valence-electron chi connectivity index (χ0n) is 17.2. The van der Waals surface area contributed by atoms with Gasteiger partial charge >= 0.3 is 6.09 Å². The Kier molecular flexibility index (Phi) is 6.47. The molecule has 1 aromatic rings. The van der Waals surface area contributed by atoms with Gasteiger partial charge in [0, 0.05) is 39.0 Å². The third-order valence-electron chi connectivity index (χ3n) is 6.24. The number of likely N-dealkylation sites (tertiary alicyclic amines) is 1. The van der Waals surface area contributed by atoms with Crippen molar-refractivity contribution in [2.24, 2.45) is 5.92 Å². The quantitative estimate of drug-likeness (QED) is 0.482. The van der Waals surface area contributed by atoms with Gasteiger partial charge in [0.25, 0.3) is 0 Å². The monoisotopic (exact) mass is 420 g/mol. The van der Waals surface area contributed by atoms with Gasteiger partial charge in [-0.3, -0.25) is 19.7 Å². The highest BCUT2D eigenvalue weighted by Gasteiger charge is 2.57. The summed E-state index contributed by atoms with van der Waals surface area (Å²) in [4.78, 5) is 42.7. The second-order valence-electron chi connectivity index (χ2n) is 7.78. The zero-order valence-corrected chi connectivity index (χ0v) is 17.2. The molecule has 10 nitrogen and oxygen atoms in total. The minimum absolute atomic E-state index is 0.0345. The maximum Gasteiger partial charge on any atom is 0.408 e. The average molecular weight is 420 g/mol. The molecule has 0 radical (unpaired) electrons. The fourth-order valence-electron chi connectivity index (χ4n) is 4.43. The summed E-state index contributed by atoms with van der Waals surface area (Å²) in [6.07, 6.45) is -1.75. The number of carbonyl (C=O) groups excluding carboxylic acids is 2. The maximum absolute atomic E-state index is 13.6. The molecule has 10 heteroatoms. The molecule has 30 heavy (non-hydrogen) atoms. The summed E-state index contributed by atoms with van der Waals surface area (Å²) in [6.45, 7) is 3.41. The standard InChI is InChI=1S/C20H28N4O6/c1-20(16(17(25)21-29)12-15(30-2)13-24(20)19(27)28)18(26)23-10-8-22(9-11-23)14-6-4-3-5-7-14/h3-7,15-16,29H,8-13H2,1-2H3,(H,21,25)(H,27,28)/t15-,16+,20-/m0/s1. The molecule has 2 saturated heterocycles. The molecule has 2 fully saturated rings. The Morgan fingerprint density at radius 2 is 1.77 bits per heavy atom. The molecular formula is C20H28N4O6. The van der Waals surface area contributed by atoms with Crippen molar-refractivity contribution in [3.05, 3.63) is 30.3 Å². The fourth-order valence-corrected chi connectivity index (χ4v) is 4.43. The van der Waals surface area contributed by atoms with E-state index in [2.05, 4.69) is 4.90 Å². The van der Waals surface area contributed by atoms with Crippen molar-refractivity contribution in [3.63, 3.8) is 0 Å². The molecule has 3 amide bonds. The number of piperazine rings is 1. The van der Waals surface area contributed by atoms with E-state index in [1.54, 1.807) is 10.4 Å². The van der Waals surface area contributed by atoms with Gasteiger partial charge < -0.3 is 19.6 Å². The fraction of sp³-hybridized carbons (Fsp3) is 0.550. The van der Waals surface area contributed by atoms with Crippen LogP contribution in [0.3, 0.4) is 0 Å². The summed E-state index contributed by atoms with van der Waals surface area (Å²) >= 11 is 0. The highest BCUT2D eigenvalue weighted by molar-refractivity contribution is 5.96. The lowest BCUT2D eigenvalue weighted by molar-refractivity contribution is -0.162. The third-order valence-corrected chi connectivity index (χ3v) is 6.24. The first kappa shape index (κ1) is 21.8. The Labute approximate surface area is 174 Å². The summed E-state index contributed by atoms with van der Waals surface area (Å²) in [7, 11) is 1.42. The molecule has 0 bridgehead atoms. The summed E-state index contributed by atoms with van der Waals surface area (Å²) in [5.74, 6) is -2.33. The van der Waals surface area contributed by atoms with E-state index in [4.69, 9.17) is 4.74 Å². The molecule has 3 atom stereocenters. The molecule has 2 aliphatic rings. The van der Waals surface area contributed by atoms with E-state index >= 15 is 0 Å². The van der Waals surface area contributed by atoms with Crippen molar-refractivity contribution in [2.75, 3.05) is 44.7 Å². The van der Waals surface area contributed by atoms with E-state index in [0.29, 0.717) is 26.2 Å². The summed E-state index contributed by atoms with van der Waals surface area (Å²) < 4.78 is 5.28. The number of benzene rings is 1. The van der Waals surface area contributed by atoms with Crippen molar-refractivity contribution in [3.8, 4) is 0 Å². The van der Waals surface area contributed by atoms with Crippen LogP contribution in [0.5, 0.6) is 0 Å². The van der Waals surface area contributed by atoms with Crippen molar-refractivity contribution in [2.45, 2.75) is 25.0 Å². The van der Waals surface area contributed by atoms with Gasteiger partial charge in [0.2, 0.25) is 11.8 Å². The molecule has 2 aliphatic heterocycles. The molecule has 0 spiro atoms. The lowest BCUT2D eigenvalue weighted by Crippen LogP contribution is -2.71. The molecule has 164 valence electrons. The Bertz CT molecular complexity index is 783. The Balaban J connectivity index is 1.83. The van der Waals surface area contributed by atoms with E-state index in [1.165, 1.54) is 14.0 Å². The van der Waals surface area contributed by atoms with Gasteiger partial charge in [0.15, 0.2) is 0 Å².